The summed E-state index contributed by atoms with van der Waals surface area (Å²) in [5.74, 6) is -5.26. The first-order valence-electron chi connectivity index (χ1n) is 15.6. The van der Waals surface area contributed by atoms with Crippen LogP contribution >= 0.6 is 0 Å². The van der Waals surface area contributed by atoms with Crippen molar-refractivity contribution in [1.82, 2.24) is 26.6 Å². The largest absolute Gasteiger partial charge is 0.480 e. The Hall–Kier alpha value is -3.99. The second-order valence-corrected chi connectivity index (χ2v) is 12.2. The van der Waals surface area contributed by atoms with Crippen LogP contribution in [0.3, 0.4) is 0 Å². The second-order valence-electron chi connectivity index (χ2n) is 12.2. The van der Waals surface area contributed by atoms with E-state index in [4.69, 9.17) is 17.2 Å². The first-order chi connectivity index (χ1) is 21.4. The number of aliphatic hydroxyl groups is 1. The Morgan fingerprint density at radius 1 is 0.761 bits per heavy atom. The van der Waals surface area contributed by atoms with E-state index in [1.807, 2.05) is 34.6 Å². The number of carboxylic acid groups (broad SMARTS) is 1. The molecule has 0 aromatic heterocycles. The van der Waals surface area contributed by atoms with E-state index >= 15 is 0 Å². The predicted molar refractivity (Wildman–Crippen MR) is 172 cm³/mol. The van der Waals surface area contributed by atoms with Crippen molar-refractivity contribution in [3.63, 3.8) is 0 Å². The van der Waals surface area contributed by atoms with Gasteiger partial charge in [0.1, 0.15) is 30.2 Å². The molecule has 0 aliphatic heterocycles. The summed E-state index contributed by atoms with van der Waals surface area (Å²) in [6.07, 6.45) is 1.25. The van der Waals surface area contributed by atoms with Crippen LogP contribution in [0, 0.1) is 17.8 Å². The molecular weight excluding hydrogens is 602 g/mol. The van der Waals surface area contributed by atoms with E-state index in [1.165, 1.54) is 0 Å². The van der Waals surface area contributed by atoms with Crippen molar-refractivity contribution >= 4 is 41.5 Å². The van der Waals surface area contributed by atoms with Gasteiger partial charge in [0.25, 0.3) is 0 Å². The third-order valence-corrected chi connectivity index (χ3v) is 7.01. The normalized spacial score (nSPS) is 15.0. The highest BCUT2D eigenvalue weighted by Crippen LogP contribution is 2.11. The number of nitrogens with one attached hydrogen (secondary N) is 5. The number of guanidine groups is 1. The number of aliphatic hydroxyl groups excluding tert-OH is 1. The van der Waals surface area contributed by atoms with E-state index in [1.54, 1.807) is 6.92 Å². The van der Waals surface area contributed by atoms with Gasteiger partial charge in [0, 0.05) is 6.54 Å². The van der Waals surface area contributed by atoms with Crippen LogP contribution in [-0.2, 0) is 28.8 Å². The molecule has 0 bridgehead atoms. The monoisotopic (exact) mass is 657 g/mol. The molecule has 0 aromatic carbocycles. The number of amides is 5. The summed E-state index contributed by atoms with van der Waals surface area (Å²) in [7, 11) is 0. The Morgan fingerprint density at radius 2 is 1.30 bits per heavy atom. The zero-order chi connectivity index (χ0) is 35.6. The average molecular weight is 658 g/mol. The second kappa shape index (κ2) is 21.7. The molecular formula is C29H55N9O8. The number of aliphatic carboxylic acids is 1. The van der Waals surface area contributed by atoms with Gasteiger partial charge < -0.3 is 54.0 Å². The van der Waals surface area contributed by atoms with Crippen LogP contribution in [0.25, 0.3) is 0 Å². The standard InChI is InChI=1S/C29H55N9O8/c1-7-17(6)23(38-26(43)20(11-15(2)3)36-24(41)18(30)14-39)27(44)34-13-22(40)35-19(9-8-10-33-29(31)32)25(42)37-21(28(45)46)12-16(4)5/h15-21,23,39H,7-14,30H2,1-6H3,(H,34,44)(H,35,40)(H,36,41)(H,37,42)(H,38,43)(H,45,46)(H4,31,32,33)/t17-,18-,19-,20-,21-,23?/m0/s1. The molecule has 0 aliphatic carbocycles. The summed E-state index contributed by atoms with van der Waals surface area (Å²) in [5, 5.41) is 31.3. The minimum Gasteiger partial charge on any atom is -0.480 e. The molecule has 0 heterocycles. The van der Waals surface area contributed by atoms with Gasteiger partial charge >= 0.3 is 5.97 Å². The van der Waals surface area contributed by atoms with Gasteiger partial charge in [-0.25, -0.2) is 4.79 Å². The van der Waals surface area contributed by atoms with Gasteiger partial charge in [0.2, 0.25) is 29.5 Å². The third-order valence-electron chi connectivity index (χ3n) is 7.01. The van der Waals surface area contributed by atoms with Crippen molar-refractivity contribution in [2.24, 2.45) is 39.9 Å². The molecule has 0 saturated heterocycles. The fraction of sp³-hybridized carbons (Fsp3) is 0.759. The minimum atomic E-state index is -1.22. The van der Waals surface area contributed by atoms with Crippen LogP contribution in [0.5, 0.6) is 0 Å². The first-order valence-corrected chi connectivity index (χ1v) is 15.6. The maximum absolute atomic E-state index is 13.2. The van der Waals surface area contributed by atoms with E-state index in [-0.39, 0.29) is 55.9 Å². The lowest BCUT2D eigenvalue weighted by atomic mass is 9.96. The van der Waals surface area contributed by atoms with Gasteiger partial charge in [0.05, 0.1) is 13.2 Å². The molecule has 0 aromatic rings. The van der Waals surface area contributed by atoms with Crippen LogP contribution < -0.4 is 43.8 Å². The molecule has 0 radical (unpaired) electrons. The third kappa shape index (κ3) is 16.9. The van der Waals surface area contributed by atoms with Crippen molar-refractivity contribution in [2.45, 2.75) is 104 Å². The van der Waals surface area contributed by atoms with Crippen molar-refractivity contribution in [3.8, 4) is 0 Å². The first kappa shape index (κ1) is 42.0. The molecule has 1 unspecified atom stereocenters. The molecule has 17 nitrogen and oxygen atoms in total. The van der Waals surface area contributed by atoms with Crippen molar-refractivity contribution in [3.05, 3.63) is 0 Å². The number of hydrogen-bond acceptors (Lipinski definition) is 9. The number of carboxylic acids is 1. The Labute approximate surface area is 270 Å². The van der Waals surface area contributed by atoms with E-state index in [0.29, 0.717) is 6.42 Å². The Bertz CT molecular complexity index is 1050. The van der Waals surface area contributed by atoms with Crippen molar-refractivity contribution in [1.29, 1.82) is 0 Å². The number of carbonyl (C=O) groups excluding carboxylic acids is 5. The molecule has 13 N–H and O–H groups in total. The van der Waals surface area contributed by atoms with Gasteiger partial charge in [0.15, 0.2) is 5.96 Å². The lowest BCUT2D eigenvalue weighted by molar-refractivity contribution is -0.142. The van der Waals surface area contributed by atoms with E-state index < -0.39 is 78.9 Å². The predicted octanol–water partition coefficient (Wildman–Crippen LogP) is -2.36. The Morgan fingerprint density at radius 3 is 1.80 bits per heavy atom. The van der Waals surface area contributed by atoms with Crippen molar-refractivity contribution in [2.75, 3.05) is 19.7 Å². The van der Waals surface area contributed by atoms with E-state index in [0.717, 1.165) is 0 Å². The topological polar surface area (TPSA) is 293 Å². The molecule has 0 rings (SSSR count). The SMILES string of the molecule is CC[C@H](C)C(NC(=O)[C@H](CC(C)C)NC(=O)[C@@H](N)CO)C(=O)NCC(=O)N[C@@H](CCCN=C(N)N)C(=O)N[C@@H](CC(C)C)C(=O)O. The van der Waals surface area contributed by atoms with Crippen LogP contribution in [0.4, 0.5) is 0 Å². The lowest BCUT2D eigenvalue weighted by Gasteiger charge is -2.27. The molecule has 6 atom stereocenters. The molecule has 0 fully saturated rings. The van der Waals surface area contributed by atoms with E-state index in [2.05, 4.69) is 31.6 Å². The zero-order valence-corrected chi connectivity index (χ0v) is 27.8. The van der Waals surface area contributed by atoms with Crippen molar-refractivity contribution < 1.29 is 39.0 Å². The number of rotatable bonds is 22. The van der Waals surface area contributed by atoms with E-state index in [9.17, 15) is 39.0 Å². The minimum absolute atomic E-state index is 0.0123. The number of nitrogens with zero attached hydrogens (tertiary/aromatic N) is 1. The van der Waals surface area contributed by atoms with Gasteiger partial charge in [-0.3, -0.25) is 29.0 Å². The Balaban J connectivity index is 5.66. The van der Waals surface area contributed by atoms with Crippen LogP contribution in [0.1, 0.15) is 73.6 Å². The highest BCUT2D eigenvalue weighted by Gasteiger charge is 2.32. The summed E-state index contributed by atoms with van der Waals surface area (Å²) >= 11 is 0. The van der Waals surface area contributed by atoms with Gasteiger partial charge in [-0.05, 0) is 43.4 Å². The smallest absolute Gasteiger partial charge is 0.326 e. The molecule has 46 heavy (non-hydrogen) atoms. The zero-order valence-electron chi connectivity index (χ0n) is 27.8. The maximum Gasteiger partial charge on any atom is 0.326 e. The quantitative estimate of drug-likeness (QED) is 0.0334. The molecule has 17 heteroatoms. The number of hydrogen-bond donors (Lipinski definition) is 10. The summed E-state index contributed by atoms with van der Waals surface area (Å²) in [5.41, 5.74) is 16.3. The molecule has 0 spiro atoms. The number of carbonyl (C=O) groups is 6. The molecule has 0 saturated carbocycles. The maximum atomic E-state index is 13.2. The average Bonchev–Trinajstić information content (AvgIpc) is 2.97. The lowest BCUT2D eigenvalue weighted by Crippen LogP contribution is -2.58. The summed E-state index contributed by atoms with van der Waals surface area (Å²) in [6, 6.07) is -5.65. The van der Waals surface area contributed by atoms with Gasteiger partial charge in [-0.15, -0.1) is 0 Å². The summed E-state index contributed by atoms with van der Waals surface area (Å²) < 4.78 is 0. The molecule has 0 aliphatic rings. The number of aliphatic imine (C=N–C) groups is 1. The summed E-state index contributed by atoms with van der Waals surface area (Å²) in [6.45, 7) is 9.84. The molecule has 5 amide bonds. The highest BCUT2D eigenvalue weighted by atomic mass is 16.4. The van der Waals surface area contributed by atoms with Gasteiger partial charge in [-0.2, -0.15) is 0 Å². The van der Waals surface area contributed by atoms with Crippen LogP contribution in [0.15, 0.2) is 4.99 Å². The fourth-order valence-corrected chi connectivity index (χ4v) is 4.28. The number of nitrogens with two attached hydrogens (primary N) is 3. The molecule has 264 valence electrons. The Kier molecular flexibility index (Phi) is 19.8. The highest BCUT2D eigenvalue weighted by molar-refractivity contribution is 5.95. The van der Waals surface area contributed by atoms with Gasteiger partial charge in [-0.1, -0.05) is 48.0 Å². The fourth-order valence-electron chi connectivity index (χ4n) is 4.28. The van der Waals surface area contributed by atoms with Crippen LogP contribution in [0.2, 0.25) is 0 Å². The van der Waals surface area contributed by atoms with Crippen LogP contribution in [-0.4, -0.2) is 102 Å². The summed E-state index contributed by atoms with van der Waals surface area (Å²) in [4.78, 5) is 80.1.